The van der Waals surface area contributed by atoms with Crippen molar-refractivity contribution in [3.05, 3.63) is 83.0 Å². The Balaban J connectivity index is 1.59. The van der Waals surface area contributed by atoms with Gasteiger partial charge in [0.2, 0.25) is 5.91 Å². The van der Waals surface area contributed by atoms with Gasteiger partial charge in [0, 0.05) is 5.69 Å². The SMILES string of the molecule is O=C(Cc1ccc(F)cc1)Nc1ccc(Nc2ccc(F)c(Cl)c2)cn1. The molecule has 0 atom stereocenters. The zero-order chi connectivity index (χ0) is 18.5. The number of nitrogens with zero attached hydrogens (tertiary/aromatic N) is 1. The van der Waals surface area contributed by atoms with E-state index in [0.717, 1.165) is 0 Å². The van der Waals surface area contributed by atoms with Crippen LogP contribution in [0.15, 0.2) is 60.8 Å². The third kappa shape index (κ3) is 4.77. The second kappa shape index (κ2) is 7.93. The Morgan fingerprint density at radius 1 is 1.00 bits per heavy atom. The molecule has 1 heterocycles. The smallest absolute Gasteiger partial charge is 0.229 e. The van der Waals surface area contributed by atoms with Gasteiger partial charge in [0.15, 0.2) is 0 Å². The van der Waals surface area contributed by atoms with Gasteiger partial charge >= 0.3 is 0 Å². The Hall–Kier alpha value is -2.99. The highest BCUT2D eigenvalue weighted by molar-refractivity contribution is 6.31. The highest BCUT2D eigenvalue weighted by Crippen LogP contribution is 2.22. The van der Waals surface area contributed by atoms with Crippen LogP contribution in [0.1, 0.15) is 5.56 Å². The summed E-state index contributed by atoms with van der Waals surface area (Å²) in [5.74, 6) is -0.703. The quantitative estimate of drug-likeness (QED) is 0.666. The van der Waals surface area contributed by atoms with Crippen LogP contribution in [0.5, 0.6) is 0 Å². The highest BCUT2D eigenvalue weighted by Gasteiger charge is 2.06. The van der Waals surface area contributed by atoms with Gasteiger partial charge in [-0.15, -0.1) is 0 Å². The summed E-state index contributed by atoms with van der Waals surface area (Å²) in [6, 6.07) is 13.4. The van der Waals surface area contributed by atoms with E-state index >= 15 is 0 Å². The minimum Gasteiger partial charge on any atom is -0.354 e. The maximum atomic E-state index is 13.2. The second-order valence-electron chi connectivity index (χ2n) is 5.54. The molecule has 3 aromatic rings. The minimum atomic E-state index is -0.491. The molecule has 4 nitrogen and oxygen atoms in total. The van der Waals surface area contributed by atoms with Crippen LogP contribution in [-0.2, 0) is 11.2 Å². The minimum absolute atomic E-state index is 0.0210. The topological polar surface area (TPSA) is 54.0 Å². The number of pyridine rings is 1. The van der Waals surface area contributed by atoms with Crippen molar-refractivity contribution in [1.29, 1.82) is 0 Å². The van der Waals surface area contributed by atoms with Gasteiger partial charge < -0.3 is 10.6 Å². The number of hydrogen-bond acceptors (Lipinski definition) is 3. The van der Waals surface area contributed by atoms with E-state index in [1.807, 2.05) is 0 Å². The third-order valence-corrected chi connectivity index (χ3v) is 3.81. The lowest BCUT2D eigenvalue weighted by atomic mass is 10.1. The molecule has 7 heteroatoms. The highest BCUT2D eigenvalue weighted by atomic mass is 35.5. The van der Waals surface area contributed by atoms with Gasteiger partial charge in [-0.25, -0.2) is 13.8 Å². The third-order valence-electron chi connectivity index (χ3n) is 3.52. The second-order valence-corrected chi connectivity index (χ2v) is 5.94. The lowest BCUT2D eigenvalue weighted by Gasteiger charge is -2.08. The molecule has 1 amide bonds. The summed E-state index contributed by atoms with van der Waals surface area (Å²) >= 11 is 5.74. The van der Waals surface area contributed by atoms with Crippen molar-refractivity contribution in [3.63, 3.8) is 0 Å². The predicted octanol–water partition coefficient (Wildman–Crippen LogP) is 4.94. The van der Waals surface area contributed by atoms with Crippen LogP contribution in [-0.4, -0.2) is 10.9 Å². The van der Waals surface area contributed by atoms with Crippen LogP contribution < -0.4 is 10.6 Å². The molecule has 0 saturated heterocycles. The molecule has 0 saturated carbocycles. The van der Waals surface area contributed by atoms with Crippen LogP contribution in [0, 0.1) is 11.6 Å². The number of benzene rings is 2. The Labute approximate surface area is 153 Å². The molecule has 2 N–H and O–H groups in total. The van der Waals surface area contributed by atoms with E-state index in [0.29, 0.717) is 22.8 Å². The number of carbonyl (C=O) groups excluding carboxylic acids is 1. The lowest BCUT2D eigenvalue weighted by Crippen LogP contribution is -2.15. The zero-order valence-corrected chi connectivity index (χ0v) is 14.2. The van der Waals surface area contributed by atoms with Crippen molar-refractivity contribution >= 4 is 34.7 Å². The standard InChI is InChI=1S/C19H14ClF2N3O/c20-16-10-14(5-7-17(16)22)24-15-6-8-18(23-11-15)25-19(26)9-12-1-3-13(21)4-2-12/h1-8,10-11,24H,9H2,(H,23,25,26). The first-order chi connectivity index (χ1) is 12.5. The van der Waals surface area contributed by atoms with E-state index in [2.05, 4.69) is 15.6 Å². The summed E-state index contributed by atoms with van der Waals surface area (Å²) in [4.78, 5) is 16.2. The molecule has 0 unspecified atom stereocenters. The maximum absolute atomic E-state index is 13.2. The van der Waals surface area contributed by atoms with Gasteiger partial charge in [0.05, 0.1) is 23.3 Å². The first-order valence-corrected chi connectivity index (χ1v) is 8.10. The summed E-state index contributed by atoms with van der Waals surface area (Å²) in [7, 11) is 0. The molecular formula is C19H14ClF2N3O. The fraction of sp³-hybridized carbons (Fsp3) is 0.0526. The summed E-state index contributed by atoms with van der Waals surface area (Å²) in [6.07, 6.45) is 1.65. The molecule has 1 aromatic heterocycles. The van der Waals surface area contributed by atoms with Crippen molar-refractivity contribution in [2.75, 3.05) is 10.6 Å². The molecule has 0 radical (unpaired) electrons. The molecule has 0 aliphatic carbocycles. The summed E-state index contributed by atoms with van der Waals surface area (Å²) < 4.78 is 26.0. The van der Waals surface area contributed by atoms with Gasteiger partial charge in [-0.2, -0.15) is 0 Å². The molecule has 0 aliphatic rings. The average molecular weight is 374 g/mol. The number of nitrogens with one attached hydrogen (secondary N) is 2. The molecule has 0 fully saturated rings. The van der Waals surface area contributed by atoms with E-state index < -0.39 is 5.82 Å². The number of halogens is 3. The van der Waals surface area contributed by atoms with Gasteiger partial charge in [-0.05, 0) is 48.0 Å². The van der Waals surface area contributed by atoms with Gasteiger partial charge in [-0.1, -0.05) is 23.7 Å². The van der Waals surface area contributed by atoms with Crippen LogP contribution in [0.4, 0.5) is 26.0 Å². The van der Waals surface area contributed by atoms with E-state index in [1.54, 1.807) is 30.3 Å². The number of carbonyl (C=O) groups is 1. The molecule has 132 valence electrons. The number of rotatable bonds is 5. The number of hydrogen-bond donors (Lipinski definition) is 2. The first-order valence-electron chi connectivity index (χ1n) is 7.72. The van der Waals surface area contributed by atoms with E-state index in [-0.39, 0.29) is 23.2 Å². The normalized spacial score (nSPS) is 10.4. The monoisotopic (exact) mass is 373 g/mol. The van der Waals surface area contributed by atoms with Crippen LogP contribution in [0.25, 0.3) is 0 Å². The van der Waals surface area contributed by atoms with Crippen molar-refractivity contribution in [2.45, 2.75) is 6.42 Å². The van der Waals surface area contributed by atoms with Crippen LogP contribution >= 0.6 is 11.6 Å². The number of amides is 1. The van der Waals surface area contributed by atoms with Crippen molar-refractivity contribution in [3.8, 4) is 0 Å². The molecule has 2 aromatic carbocycles. The predicted molar refractivity (Wildman–Crippen MR) is 97.7 cm³/mol. The average Bonchev–Trinajstić information content (AvgIpc) is 2.62. The van der Waals surface area contributed by atoms with Gasteiger partial charge in [0.1, 0.15) is 17.5 Å². The van der Waals surface area contributed by atoms with E-state index in [4.69, 9.17) is 11.6 Å². The van der Waals surface area contributed by atoms with Crippen molar-refractivity contribution < 1.29 is 13.6 Å². The Morgan fingerprint density at radius 3 is 2.38 bits per heavy atom. The molecular weight excluding hydrogens is 360 g/mol. The van der Waals surface area contributed by atoms with Crippen molar-refractivity contribution in [2.24, 2.45) is 0 Å². The van der Waals surface area contributed by atoms with Crippen molar-refractivity contribution in [1.82, 2.24) is 4.98 Å². The molecule has 3 rings (SSSR count). The van der Waals surface area contributed by atoms with Crippen LogP contribution in [0.2, 0.25) is 5.02 Å². The number of anilines is 3. The summed E-state index contributed by atoms with van der Waals surface area (Å²) in [6.45, 7) is 0. The molecule has 0 spiro atoms. The Bertz CT molecular complexity index is 915. The molecule has 0 aliphatic heterocycles. The number of aromatic nitrogens is 1. The lowest BCUT2D eigenvalue weighted by molar-refractivity contribution is -0.115. The molecule has 26 heavy (non-hydrogen) atoms. The van der Waals surface area contributed by atoms with Crippen LogP contribution in [0.3, 0.4) is 0 Å². The first kappa shape index (κ1) is 17.8. The molecule has 0 bridgehead atoms. The zero-order valence-electron chi connectivity index (χ0n) is 13.5. The van der Waals surface area contributed by atoms with E-state index in [1.165, 1.54) is 30.5 Å². The van der Waals surface area contributed by atoms with E-state index in [9.17, 15) is 13.6 Å². The maximum Gasteiger partial charge on any atom is 0.229 e. The van der Waals surface area contributed by atoms with Gasteiger partial charge in [0.25, 0.3) is 0 Å². The summed E-state index contributed by atoms with van der Waals surface area (Å²) in [5.41, 5.74) is 1.98. The summed E-state index contributed by atoms with van der Waals surface area (Å²) in [5, 5.41) is 5.73. The Kier molecular flexibility index (Phi) is 5.43. The fourth-order valence-corrected chi connectivity index (χ4v) is 2.44. The fourth-order valence-electron chi connectivity index (χ4n) is 2.26. The van der Waals surface area contributed by atoms with Gasteiger partial charge in [-0.3, -0.25) is 4.79 Å². The Morgan fingerprint density at radius 2 is 1.73 bits per heavy atom. The largest absolute Gasteiger partial charge is 0.354 e.